The van der Waals surface area contributed by atoms with Crippen LogP contribution in [0.25, 0.3) is 10.9 Å². The maximum absolute atomic E-state index is 11.0. The number of aromatic nitrogens is 1. The largest absolute Gasteiger partial charge is 0.494 e. The van der Waals surface area contributed by atoms with Gasteiger partial charge in [-0.1, -0.05) is 18.5 Å². The van der Waals surface area contributed by atoms with Crippen molar-refractivity contribution in [3.8, 4) is 5.75 Å². The fourth-order valence-corrected chi connectivity index (χ4v) is 2.08. The summed E-state index contributed by atoms with van der Waals surface area (Å²) in [4.78, 5) is 14.8. The molecule has 94 valence electrons. The van der Waals surface area contributed by atoms with Crippen LogP contribution in [0, 0.1) is 10.1 Å². The highest BCUT2D eigenvalue weighted by Gasteiger charge is 2.17. The van der Waals surface area contributed by atoms with E-state index in [1.165, 1.54) is 19.2 Å². The molecule has 18 heavy (non-hydrogen) atoms. The maximum Gasteiger partial charge on any atom is 0.279 e. The summed E-state index contributed by atoms with van der Waals surface area (Å²) in [6.07, 6.45) is 0.663. The topological polar surface area (TPSA) is 65.3 Å². The van der Waals surface area contributed by atoms with Gasteiger partial charge < -0.3 is 4.74 Å². The van der Waals surface area contributed by atoms with Crippen LogP contribution in [0.3, 0.4) is 0 Å². The van der Waals surface area contributed by atoms with Gasteiger partial charge in [-0.05, 0) is 24.1 Å². The summed E-state index contributed by atoms with van der Waals surface area (Å²) in [7, 11) is 1.49. The third-order valence-electron chi connectivity index (χ3n) is 2.75. The first-order valence-electron chi connectivity index (χ1n) is 5.39. The minimum absolute atomic E-state index is 0.00432. The third kappa shape index (κ3) is 1.97. The van der Waals surface area contributed by atoms with E-state index in [0.29, 0.717) is 28.2 Å². The first kappa shape index (κ1) is 12.6. The van der Waals surface area contributed by atoms with Crippen molar-refractivity contribution in [1.82, 2.24) is 4.98 Å². The van der Waals surface area contributed by atoms with Gasteiger partial charge in [-0.25, -0.2) is 4.98 Å². The number of benzene rings is 1. The molecule has 0 unspecified atom stereocenters. The van der Waals surface area contributed by atoms with Gasteiger partial charge in [0.15, 0.2) is 0 Å². The Balaban J connectivity index is 2.87. The molecule has 1 aromatic heterocycles. The Labute approximate surface area is 108 Å². The highest BCUT2D eigenvalue weighted by Crippen LogP contribution is 2.34. The van der Waals surface area contributed by atoms with Gasteiger partial charge in [0.2, 0.25) is 0 Å². The summed E-state index contributed by atoms with van der Waals surface area (Å²) in [5, 5.41) is 11.8. The number of methoxy groups -OCH3 is 1. The molecule has 6 heteroatoms. The lowest BCUT2D eigenvalue weighted by Crippen LogP contribution is -1.96. The van der Waals surface area contributed by atoms with Gasteiger partial charge in [-0.15, -0.1) is 0 Å². The standard InChI is InChI=1S/C12H11ClN2O3/c1-3-7-6-8-9(15(16)17)4-5-10(18-2)11(8)14-12(7)13/h4-6H,3H2,1-2H3. The molecular formula is C12H11ClN2O3. The van der Waals surface area contributed by atoms with E-state index in [-0.39, 0.29) is 5.69 Å². The number of aryl methyl sites for hydroxylation is 1. The van der Waals surface area contributed by atoms with Gasteiger partial charge in [0, 0.05) is 6.07 Å². The van der Waals surface area contributed by atoms with Crippen molar-refractivity contribution in [3.63, 3.8) is 0 Å². The lowest BCUT2D eigenvalue weighted by Gasteiger charge is -2.08. The molecule has 0 aliphatic heterocycles. The first-order valence-corrected chi connectivity index (χ1v) is 5.76. The zero-order valence-corrected chi connectivity index (χ0v) is 10.7. The summed E-state index contributed by atoms with van der Waals surface area (Å²) >= 11 is 6.03. The molecule has 2 aromatic rings. The predicted octanol–water partition coefficient (Wildman–Crippen LogP) is 3.37. The number of halogens is 1. The van der Waals surface area contributed by atoms with Crippen LogP contribution >= 0.6 is 11.6 Å². The fourth-order valence-electron chi connectivity index (χ4n) is 1.81. The number of pyridine rings is 1. The SMILES string of the molecule is CCc1cc2c([N+](=O)[O-])ccc(OC)c2nc1Cl. The molecule has 5 nitrogen and oxygen atoms in total. The van der Waals surface area contributed by atoms with Crippen LogP contribution in [0.5, 0.6) is 5.75 Å². The zero-order chi connectivity index (χ0) is 13.3. The van der Waals surface area contributed by atoms with Gasteiger partial charge in [0.05, 0.1) is 17.4 Å². The average molecular weight is 267 g/mol. The van der Waals surface area contributed by atoms with Gasteiger partial charge in [0.1, 0.15) is 16.4 Å². The number of rotatable bonds is 3. The van der Waals surface area contributed by atoms with E-state index in [0.717, 1.165) is 5.56 Å². The Morgan fingerprint density at radius 1 is 1.50 bits per heavy atom. The van der Waals surface area contributed by atoms with Gasteiger partial charge >= 0.3 is 0 Å². The number of fused-ring (bicyclic) bond motifs is 1. The third-order valence-corrected chi connectivity index (χ3v) is 3.08. The van der Waals surface area contributed by atoms with Gasteiger partial charge in [0.25, 0.3) is 5.69 Å². The zero-order valence-electron chi connectivity index (χ0n) is 9.94. The normalized spacial score (nSPS) is 10.6. The van der Waals surface area contributed by atoms with E-state index >= 15 is 0 Å². The van der Waals surface area contributed by atoms with Crippen molar-refractivity contribution >= 4 is 28.2 Å². The van der Waals surface area contributed by atoms with Crippen LogP contribution in [-0.4, -0.2) is 17.0 Å². The smallest absolute Gasteiger partial charge is 0.279 e. The molecule has 2 rings (SSSR count). The second-order valence-corrected chi connectivity index (χ2v) is 4.09. The summed E-state index contributed by atoms with van der Waals surface area (Å²) in [5.74, 6) is 0.472. The second-order valence-electron chi connectivity index (χ2n) is 3.73. The lowest BCUT2D eigenvalue weighted by molar-refractivity contribution is -0.383. The number of hydrogen-bond acceptors (Lipinski definition) is 4. The maximum atomic E-state index is 11.0. The molecule has 0 N–H and O–H groups in total. The summed E-state index contributed by atoms with van der Waals surface area (Å²) in [5.41, 5.74) is 1.19. The van der Waals surface area contributed by atoms with Crippen LogP contribution in [0.4, 0.5) is 5.69 Å². The molecule has 0 aliphatic rings. The van der Waals surface area contributed by atoms with Crippen LogP contribution in [-0.2, 0) is 6.42 Å². The highest BCUT2D eigenvalue weighted by atomic mass is 35.5. The summed E-state index contributed by atoms with van der Waals surface area (Å²) in [6.45, 7) is 1.92. The number of non-ortho nitro benzene ring substituents is 1. The van der Waals surface area contributed by atoms with E-state index in [9.17, 15) is 10.1 Å². The quantitative estimate of drug-likeness (QED) is 0.485. The van der Waals surface area contributed by atoms with Crippen molar-refractivity contribution < 1.29 is 9.66 Å². The number of ether oxygens (including phenoxy) is 1. The molecule has 0 radical (unpaired) electrons. The Bertz CT molecular complexity index is 628. The van der Waals surface area contributed by atoms with Crippen LogP contribution in [0.1, 0.15) is 12.5 Å². The molecule has 0 fully saturated rings. The van der Waals surface area contributed by atoms with E-state index in [1.54, 1.807) is 6.07 Å². The van der Waals surface area contributed by atoms with E-state index < -0.39 is 4.92 Å². The molecule has 0 bridgehead atoms. The minimum atomic E-state index is -0.434. The monoisotopic (exact) mass is 266 g/mol. The molecular weight excluding hydrogens is 256 g/mol. The molecule has 0 saturated carbocycles. The van der Waals surface area contributed by atoms with Crippen LogP contribution < -0.4 is 4.74 Å². The molecule has 0 atom stereocenters. The average Bonchev–Trinajstić information content (AvgIpc) is 2.36. The number of nitro benzene ring substituents is 1. The Morgan fingerprint density at radius 2 is 2.22 bits per heavy atom. The lowest BCUT2D eigenvalue weighted by atomic mass is 10.1. The molecule has 0 amide bonds. The minimum Gasteiger partial charge on any atom is -0.494 e. The fraction of sp³-hybridized carbons (Fsp3) is 0.250. The Kier molecular flexibility index (Phi) is 3.34. The molecule has 1 heterocycles. The summed E-state index contributed by atoms with van der Waals surface area (Å²) < 4.78 is 5.15. The van der Waals surface area contributed by atoms with Crippen molar-refractivity contribution in [1.29, 1.82) is 0 Å². The molecule has 0 aliphatic carbocycles. The number of hydrogen-bond donors (Lipinski definition) is 0. The van der Waals surface area contributed by atoms with Crippen molar-refractivity contribution in [2.45, 2.75) is 13.3 Å². The second kappa shape index (κ2) is 4.78. The van der Waals surface area contributed by atoms with E-state index in [1.807, 2.05) is 6.92 Å². The Hall–Kier alpha value is -1.88. The summed E-state index contributed by atoms with van der Waals surface area (Å²) in [6, 6.07) is 4.64. The highest BCUT2D eigenvalue weighted by molar-refractivity contribution is 6.30. The van der Waals surface area contributed by atoms with E-state index in [4.69, 9.17) is 16.3 Å². The van der Waals surface area contributed by atoms with Crippen molar-refractivity contribution in [3.05, 3.63) is 39.0 Å². The molecule has 0 spiro atoms. The van der Waals surface area contributed by atoms with Crippen LogP contribution in [0.15, 0.2) is 18.2 Å². The Morgan fingerprint density at radius 3 is 2.78 bits per heavy atom. The van der Waals surface area contributed by atoms with E-state index in [2.05, 4.69) is 4.98 Å². The number of nitrogens with zero attached hydrogens (tertiary/aromatic N) is 2. The van der Waals surface area contributed by atoms with Crippen molar-refractivity contribution in [2.24, 2.45) is 0 Å². The first-order chi connectivity index (χ1) is 8.58. The molecule has 1 aromatic carbocycles. The number of nitro groups is 1. The van der Waals surface area contributed by atoms with Gasteiger partial charge in [-0.2, -0.15) is 0 Å². The molecule has 0 saturated heterocycles. The van der Waals surface area contributed by atoms with Crippen LogP contribution in [0.2, 0.25) is 5.15 Å². The van der Waals surface area contributed by atoms with Gasteiger partial charge in [-0.3, -0.25) is 10.1 Å². The predicted molar refractivity (Wildman–Crippen MR) is 69.3 cm³/mol. The van der Waals surface area contributed by atoms with Crippen molar-refractivity contribution in [2.75, 3.05) is 7.11 Å².